The monoisotopic (exact) mass is 294 g/mol. The van der Waals surface area contributed by atoms with Gasteiger partial charge in [-0.2, -0.15) is 0 Å². The minimum atomic E-state index is -1.50. The molecule has 0 aliphatic rings. The standard InChI is InChI=1S/C11H23BrO2Si/c1-6-14-15(4,5)9-7-8-10(13)11(2,3)12/h6-9H2,1-5H3. The van der Waals surface area contributed by atoms with Crippen LogP contribution in [0.2, 0.25) is 19.1 Å². The molecule has 0 amide bonds. The number of carbonyl (C=O) groups excluding carboxylic acids is 1. The zero-order chi connectivity index (χ0) is 12.1. The molecule has 0 atom stereocenters. The average molecular weight is 295 g/mol. The normalized spacial score (nSPS) is 12.9. The summed E-state index contributed by atoms with van der Waals surface area (Å²) in [5.41, 5.74) is 0. The molecular formula is C11H23BrO2Si. The van der Waals surface area contributed by atoms with Crippen molar-refractivity contribution in [1.29, 1.82) is 0 Å². The molecular weight excluding hydrogens is 272 g/mol. The minimum Gasteiger partial charge on any atom is -0.418 e. The Morgan fingerprint density at radius 1 is 1.40 bits per heavy atom. The zero-order valence-electron chi connectivity index (χ0n) is 10.5. The average Bonchev–Trinajstić information content (AvgIpc) is 2.01. The molecule has 0 aromatic heterocycles. The first-order valence-corrected chi connectivity index (χ1v) is 9.46. The number of halogens is 1. The van der Waals surface area contributed by atoms with Crippen molar-refractivity contribution in [3.63, 3.8) is 0 Å². The number of hydrogen-bond acceptors (Lipinski definition) is 2. The van der Waals surface area contributed by atoms with Gasteiger partial charge in [-0.15, -0.1) is 0 Å². The first kappa shape index (κ1) is 15.3. The highest BCUT2D eigenvalue weighted by molar-refractivity contribution is 9.10. The van der Waals surface area contributed by atoms with Crippen LogP contribution in [0.15, 0.2) is 0 Å². The van der Waals surface area contributed by atoms with Crippen molar-refractivity contribution in [1.82, 2.24) is 0 Å². The lowest BCUT2D eigenvalue weighted by molar-refractivity contribution is -0.120. The van der Waals surface area contributed by atoms with Crippen molar-refractivity contribution in [3.8, 4) is 0 Å². The fourth-order valence-corrected chi connectivity index (χ4v) is 3.59. The van der Waals surface area contributed by atoms with Crippen LogP contribution in [0.25, 0.3) is 0 Å². The number of carbonyl (C=O) groups is 1. The van der Waals surface area contributed by atoms with Crippen LogP contribution in [0.1, 0.15) is 33.6 Å². The lowest BCUT2D eigenvalue weighted by Gasteiger charge is -2.22. The Balaban J connectivity index is 3.85. The maximum absolute atomic E-state index is 11.6. The van der Waals surface area contributed by atoms with Crippen molar-refractivity contribution in [3.05, 3.63) is 0 Å². The summed E-state index contributed by atoms with van der Waals surface area (Å²) in [6, 6.07) is 1.07. The second-order valence-electron chi connectivity index (χ2n) is 4.94. The highest BCUT2D eigenvalue weighted by Gasteiger charge is 2.25. The van der Waals surface area contributed by atoms with Gasteiger partial charge in [-0.05, 0) is 46.3 Å². The van der Waals surface area contributed by atoms with Gasteiger partial charge in [0.15, 0.2) is 8.32 Å². The molecule has 0 spiro atoms. The summed E-state index contributed by atoms with van der Waals surface area (Å²) < 4.78 is 5.34. The lowest BCUT2D eigenvalue weighted by Crippen LogP contribution is -2.31. The van der Waals surface area contributed by atoms with Crippen LogP contribution >= 0.6 is 15.9 Å². The van der Waals surface area contributed by atoms with Crippen molar-refractivity contribution < 1.29 is 9.22 Å². The summed E-state index contributed by atoms with van der Waals surface area (Å²) in [4.78, 5) is 11.6. The molecule has 2 nitrogen and oxygen atoms in total. The molecule has 4 heteroatoms. The molecule has 0 aliphatic heterocycles. The van der Waals surface area contributed by atoms with Gasteiger partial charge in [0.1, 0.15) is 5.78 Å². The smallest absolute Gasteiger partial charge is 0.186 e. The number of ketones is 1. The first-order chi connectivity index (χ1) is 6.69. The highest BCUT2D eigenvalue weighted by atomic mass is 79.9. The molecule has 0 fully saturated rings. The molecule has 0 rings (SSSR count). The third-order valence-corrected chi connectivity index (χ3v) is 5.45. The minimum absolute atomic E-state index is 0.281. The van der Waals surface area contributed by atoms with Crippen molar-refractivity contribution in [2.45, 2.75) is 57.1 Å². The molecule has 0 heterocycles. The van der Waals surface area contributed by atoms with Gasteiger partial charge in [0.05, 0.1) is 4.32 Å². The Morgan fingerprint density at radius 2 is 1.93 bits per heavy atom. The molecule has 0 N–H and O–H groups in total. The van der Waals surface area contributed by atoms with E-state index >= 15 is 0 Å². The Hall–Kier alpha value is 0.327. The van der Waals surface area contributed by atoms with Crippen LogP contribution in [0.5, 0.6) is 0 Å². The molecule has 0 unspecified atom stereocenters. The van der Waals surface area contributed by atoms with Crippen LogP contribution in [-0.2, 0) is 9.22 Å². The topological polar surface area (TPSA) is 26.3 Å². The van der Waals surface area contributed by atoms with Gasteiger partial charge in [0, 0.05) is 13.0 Å². The van der Waals surface area contributed by atoms with Crippen molar-refractivity contribution >= 4 is 30.0 Å². The Morgan fingerprint density at radius 3 is 2.33 bits per heavy atom. The molecule has 0 saturated heterocycles. The molecule has 0 aromatic rings. The van der Waals surface area contributed by atoms with E-state index in [4.69, 9.17) is 4.43 Å². The van der Waals surface area contributed by atoms with E-state index in [1.54, 1.807) is 0 Å². The fraction of sp³-hybridized carbons (Fsp3) is 0.909. The van der Waals surface area contributed by atoms with Crippen LogP contribution < -0.4 is 0 Å². The van der Waals surface area contributed by atoms with Gasteiger partial charge in [-0.1, -0.05) is 15.9 Å². The third kappa shape index (κ3) is 7.25. The van der Waals surface area contributed by atoms with Gasteiger partial charge >= 0.3 is 0 Å². The maximum Gasteiger partial charge on any atom is 0.186 e. The second-order valence-corrected chi connectivity index (χ2v) is 11.2. The maximum atomic E-state index is 11.6. The fourth-order valence-electron chi connectivity index (χ4n) is 1.43. The van der Waals surface area contributed by atoms with Gasteiger partial charge in [-0.25, -0.2) is 0 Å². The SMILES string of the molecule is CCO[Si](C)(C)CCCC(=O)C(C)(C)Br. The van der Waals surface area contributed by atoms with E-state index in [2.05, 4.69) is 29.0 Å². The largest absolute Gasteiger partial charge is 0.418 e. The predicted octanol–water partition coefficient (Wildman–Crippen LogP) is 3.75. The van der Waals surface area contributed by atoms with Crippen molar-refractivity contribution in [2.24, 2.45) is 0 Å². The van der Waals surface area contributed by atoms with Crippen LogP contribution in [0, 0.1) is 0 Å². The molecule has 0 aliphatic carbocycles. The highest BCUT2D eigenvalue weighted by Crippen LogP contribution is 2.22. The number of Topliss-reactive ketones (excluding diaryl/α,β-unsaturated/α-hetero) is 1. The Bertz CT molecular complexity index is 209. The van der Waals surface area contributed by atoms with Gasteiger partial charge in [-0.3, -0.25) is 4.79 Å². The summed E-state index contributed by atoms with van der Waals surface area (Å²) in [7, 11) is -1.50. The summed E-state index contributed by atoms with van der Waals surface area (Å²) >= 11 is 3.39. The number of rotatable bonds is 7. The molecule has 0 radical (unpaired) electrons. The third-order valence-electron chi connectivity index (χ3n) is 2.38. The van der Waals surface area contributed by atoms with E-state index in [0.717, 1.165) is 19.1 Å². The molecule has 0 aromatic carbocycles. The summed E-state index contributed by atoms with van der Waals surface area (Å²) in [5.74, 6) is 0.281. The molecule has 0 bridgehead atoms. The van der Waals surface area contributed by atoms with Crippen molar-refractivity contribution in [2.75, 3.05) is 6.61 Å². The molecule has 0 saturated carbocycles. The molecule has 15 heavy (non-hydrogen) atoms. The van der Waals surface area contributed by atoms with Gasteiger partial charge in [0.2, 0.25) is 0 Å². The van der Waals surface area contributed by atoms with E-state index < -0.39 is 8.32 Å². The van der Waals surface area contributed by atoms with Gasteiger partial charge < -0.3 is 4.43 Å². The number of hydrogen-bond donors (Lipinski definition) is 0. The van der Waals surface area contributed by atoms with E-state index in [0.29, 0.717) is 6.42 Å². The number of alkyl halides is 1. The quantitative estimate of drug-likeness (QED) is 0.528. The second kappa shape index (κ2) is 6.16. The van der Waals surface area contributed by atoms with E-state index in [9.17, 15) is 4.79 Å². The molecule has 90 valence electrons. The Labute approximate surface area is 103 Å². The Kier molecular flexibility index (Phi) is 6.29. The van der Waals surface area contributed by atoms with E-state index in [-0.39, 0.29) is 10.1 Å². The summed E-state index contributed by atoms with van der Waals surface area (Å²) in [6.07, 6.45) is 1.61. The van der Waals surface area contributed by atoms with Crippen LogP contribution in [0.4, 0.5) is 0 Å². The van der Waals surface area contributed by atoms with Crippen LogP contribution in [0.3, 0.4) is 0 Å². The first-order valence-electron chi connectivity index (χ1n) is 5.55. The van der Waals surface area contributed by atoms with E-state index in [1.165, 1.54) is 0 Å². The summed E-state index contributed by atoms with van der Waals surface area (Å²) in [5, 5.41) is 0. The zero-order valence-corrected chi connectivity index (χ0v) is 13.1. The van der Waals surface area contributed by atoms with Crippen LogP contribution in [-0.4, -0.2) is 25.0 Å². The summed E-state index contributed by atoms with van der Waals surface area (Å²) in [6.45, 7) is 11.0. The predicted molar refractivity (Wildman–Crippen MR) is 71.2 cm³/mol. The lowest BCUT2D eigenvalue weighted by atomic mass is 10.1. The van der Waals surface area contributed by atoms with Gasteiger partial charge in [0.25, 0.3) is 0 Å². The van der Waals surface area contributed by atoms with E-state index in [1.807, 2.05) is 20.8 Å².